The minimum Gasteiger partial charge on any atom is -0.390 e. The van der Waals surface area contributed by atoms with Crippen molar-refractivity contribution in [2.24, 2.45) is 0 Å². The number of rotatable bonds is 18. The van der Waals surface area contributed by atoms with Crippen LogP contribution in [0, 0.1) is 0 Å². The quantitative estimate of drug-likeness (QED) is 0.130. The van der Waals surface area contributed by atoms with Gasteiger partial charge < -0.3 is 5.11 Å². The second kappa shape index (κ2) is 18.9. The van der Waals surface area contributed by atoms with E-state index in [1.165, 1.54) is 27.9 Å². The molecule has 0 bridgehead atoms. The fourth-order valence-corrected chi connectivity index (χ4v) is 5.24. The van der Waals surface area contributed by atoms with E-state index < -0.39 is 5.60 Å². The number of carbonyl (C=O) groups excluding carboxylic acids is 2. The molecule has 0 saturated carbocycles. The Morgan fingerprint density at radius 1 is 0.571 bits per heavy atom. The number of hydrogen-bond acceptors (Lipinski definition) is 3. The summed E-state index contributed by atoms with van der Waals surface area (Å²) in [7, 11) is 0. The molecular weight excluding hydrogens is 516 g/mol. The van der Waals surface area contributed by atoms with Gasteiger partial charge in [0.2, 0.25) is 0 Å². The van der Waals surface area contributed by atoms with Crippen LogP contribution in [-0.4, -0.2) is 22.3 Å². The molecule has 3 heteroatoms. The smallest absolute Gasteiger partial charge is 0.185 e. The highest BCUT2D eigenvalue weighted by atomic mass is 16.3. The maximum Gasteiger partial charge on any atom is 0.185 e. The van der Waals surface area contributed by atoms with E-state index in [-0.39, 0.29) is 11.6 Å². The average molecular weight is 577 g/mol. The summed E-state index contributed by atoms with van der Waals surface area (Å²) < 4.78 is 0. The first-order valence-corrected chi connectivity index (χ1v) is 16.1. The number of allylic oxidation sites excluding steroid dienone is 14. The second-order valence-electron chi connectivity index (χ2n) is 13.2. The fraction of sp³-hybridized carbons (Fsp3) is 0.590. The fourth-order valence-electron chi connectivity index (χ4n) is 5.24. The predicted molar refractivity (Wildman–Crippen MR) is 182 cm³/mol. The largest absolute Gasteiger partial charge is 0.390 e. The summed E-state index contributed by atoms with van der Waals surface area (Å²) in [5.41, 5.74) is 8.48. The SMILES string of the molecule is CC(C)=CCC/C(C)=C/CC/C(C)=C/CC/C(C)=C/CC/C(C)=C/CCC(C)(O)CCC1=C(C)C(=O)C(C)=C(C)C1=O. The van der Waals surface area contributed by atoms with Gasteiger partial charge in [0.25, 0.3) is 0 Å². The van der Waals surface area contributed by atoms with Crippen LogP contribution in [0.15, 0.2) is 80.5 Å². The van der Waals surface area contributed by atoms with Crippen LogP contribution in [-0.2, 0) is 9.59 Å². The van der Waals surface area contributed by atoms with Gasteiger partial charge in [-0.15, -0.1) is 0 Å². The van der Waals surface area contributed by atoms with E-state index in [2.05, 4.69) is 71.9 Å². The van der Waals surface area contributed by atoms with Crippen molar-refractivity contribution in [2.75, 3.05) is 0 Å². The van der Waals surface area contributed by atoms with Crippen LogP contribution < -0.4 is 0 Å². The molecule has 1 N–H and O–H groups in total. The maximum absolute atomic E-state index is 12.7. The summed E-state index contributed by atoms with van der Waals surface area (Å²) in [5.74, 6) is -0.0917. The monoisotopic (exact) mass is 576 g/mol. The van der Waals surface area contributed by atoms with Gasteiger partial charge in [-0.05, 0) is 146 Å². The molecule has 0 aromatic heterocycles. The van der Waals surface area contributed by atoms with Gasteiger partial charge in [-0.1, -0.05) is 58.2 Å². The highest BCUT2D eigenvalue weighted by molar-refractivity contribution is 6.24. The minimum atomic E-state index is -0.875. The van der Waals surface area contributed by atoms with Crippen molar-refractivity contribution in [1.82, 2.24) is 0 Å². The van der Waals surface area contributed by atoms with Crippen LogP contribution in [0.4, 0.5) is 0 Å². The lowest BCUT2D eigenvalue weighted by molar-refractivity contribution is -0.116. The molecule has 42 heavy (non-hydrogen) atoms. The molecule has 0 amide bonds. The topological polar surface area (TPSA) is 54.4 Å². The van der Waals surface area contributed by atoms with E-state index in [9.17, 15) is 14.7 Å². The Bertz CT molecular complexity index is 1150. The van der Waals surface area contributed by atoms with Crippen molar-refractivity contribution in [3.63, 3.8) is 0 Å². The first-order chi connectivity index (χ1) is 19.6. The zero-order chi connectivity index (χ0) is 31.9. The molecule has 234 valence electrons. The molecule has 1 aliphatic carbocycles. The molecule has 3 nitrogen and oxygen atoms in total. The molecule has 0 aromatic carbocycles. The molecule has 1 rings (SSSR count). The third-order valence-corrected chi connectivity index (χ3v) is 8.59. The highest BCUT2D eigenvalue weighted by Crippen LogP contribution is 2.30. The van der Waals surface area contributed by atoms with Crippen molar-refractivity contribution in [1.29, 1.82) is 0 Å². The van der Waals surface area contributed by atoms with Gasteiger partial charge in [-0.25, -0.2) is 0 Å². The van der Waals surface area contributed by atoms with Gasteiger partial charge in [0.1, 0.15) is 0 Å². The number of carbonyl (C=O) groups is 2. The Morgan fingerprint density at radius 3 is 1.38 bits per heavy atom. The second-order valence-corrected chi connectivity index (χ2v) is 13.2. The molecule has 1 unspecified atom stereocenters. The third kappa shape index (κ3) is 14.6. The summed E-state index contributed by atoms with van der Waals surface area (Å²) in [6.45, 7) is 20.2. The van der Waals surface area contributed by atoms with Crippen molar-refractivity contribution >= 4 is 11.6 Å². The molecule has 1 atom stereocenters. The van der Waals surface area contributed by atoms with E-state index in [0.29, 0.717) is 41.6 Å². The van der Waals surface area contributed by atoms with E-state index in [0.717, 1.165) is 57.8 Å². The number of ketones is 2. The molecule has 0 heterocycles. The van der Waals surface area contributed by atoms with E-state index >= 15 is 0 Å². The van der Waals surface area contributed by atoms with Gasteiger partial charge in [0, 0.05) is 22.3 Å². The number of aliphatic hydroxyl groups is 1. The van der Waals surface area contributed by atoms with E-state index in [1.807, 2.05) is 6.92 Å². The van der Waals surface area contributed by atoms with Gasteiger partial charge in [0.15, 0.2) is 11.6 Å². The van der Waals surface area contributed by atoms with Gasteiger partial charge in [-0.3, -0.25) is 9.59 Å². The summed E-state index contributed by atoms with van der Waals surface area (Å²) in [5, 5.41) is 10.9. The normalized spacial score (nSPS) is 17.3. The summed E-state index contributed by atoms with van der Waals surface area (Å²) in [6, 6.07) is 0. The van der Waals surface area contributed by atoms with Crippen LogP contribution in [0.1, 0.15) is 146 Å². The Kier molecular flexibility index (Phi) is 16.9. The van der Waals surface area contributed by atoms with Crippen molar-refractivity contribution in [2.45, 2.75) is 152 Å². The van der Waals surface area contributed by atoms with E-state index in [1.54, 1.807) is 20.8 Å². The lowest BCUT2D eigenvalue weighted by Gasteiger charge is -2.25. The Balaban J connectivity index is 2.37. The molecule has 0 saturated heterocycles. The summed E-state index contributed by atoms with van der Waals surface area (Å²) >= 11 is 0. The first-order valence-electron chi connectivity index (χ1n) is 16.1. The van der Waals surface area contributed by atoms with Gasteiger partial charge >= 0.3 is 0 Å². The lowest BCUT2D eigenvalue weighted by Crippen LogP contribution is -2.26. The number of hydrogen-bond donors (Lipinski definition) is 1. The Labute approximate surface area is 258 Å². The zero-order valence-corrected chi connectivity index (χ0v) is 28.6. The molecule has 0 spiro atoms. The zero-order valence-electron chi connectivity index (χ0n) is 28.6. The lowest BCUT2D eigenvalue weighted by atomic mass is 9.82. The third-order valence-electron chi connectivity index (χ3n) is 8.59. The highest BCUT2D eigenvalue weighted by Gasteiger charge is 2.29. The minimum absolute atomic E-state index is 0.0453. The summed E-state index contributed by atoms with van der Waals surface area (Å²) in [4.78, 5) is 25.1. The Morgan fingerprint density at radius 2 is 0.952 bits per heavy atom. The van der Waals surface area contributed by atoms with Crippen molar-refractivity contribution < 1.29 is 14.7 Å². The molecular formula is C39H60O3. The standard InChI is InChI=1S/C39H60O3/c1-28(2)16-11-17-29(3)18-12-19-30(4)20-13-21-31(5)22-14-23-32(6)24-15-26-39(10,42)27-25-36-35(9)37(40)33(7)34(8)38(36)41/h16,18,20,22,24,42H,11-15,17,19,21,23,25-27H2,1-10H3/b29-18+,30-20+,31-22+,32-24+. The molecule has 0 aromatic rings. The van der Waals surface area contributed by atoms with Crippen LogP contribution in [0.3, 0.4) is 0 Å². The molecule has 0 radical (unpaired) electrons. The average Bonchev–Trinajstić information content (AvgIpc) is 2.90. The van der Waals surface area contributed by atoms with Crippen LogP contribution in [0.5, 0.6) is 0 Å². The van der Waals surface area contributed by atoms with Crippen LogP contribution in [0.2, 0.25) is 0 Å². The summed E-state index contributed by atoms with van der Waals surface area (Å²) in [6.07, 6.45) is 22.9. The van der Waals surface area contributed by atoms with Crippen molar-refractivity contribution in [3.8, 4) is 0 Å². The maximum atomic E-state index is 12.7. The van der Waals surface area contributed by atoms with Gasteiger partial charge in [0.05, 0.1) is 5.60 Å². The first kappa shape index (κ1) is 37.5. The van der Waals surface area contributed by atoms with E-state index in [4.69, 9.17) is 0 Å². The van der Waals surface area contributed by atoms with Gasteiger partial charge in [-0.2, -0.15) is 0 Å². The number of Topliss-reactive ketones (excluding diaryl/α,β-unsaturated/α-hetero) is 2. The molecule has 0 aliphatic heterocycles. The van der Waals surface area contributed by atoms with Crippen molar-refractivity contribution in [3.05, 3.63) is 80.5 Å². The van der Waals surface area contributed by atoms with Crippen LogP contribution >= 0.6 is 0 Å². The predicted octanol–water partition coefficient (Wildman–Crippen LogP) is 11.0. The molecule has 1 aliphatic rings. The van der Waals surface area contributed by atoms with Crippen LogP contribution in [0.25, 0.3) is 0 Å². The molecule has 0 fully saturated rings. The Hall–Kier alpha value is -2.52.